The Morgan fingerprint density at radius 2 is 1.97 bits per heavy atom. The molecule has 0 aromatic heterocycles. The molecule has 0 aromatic rings. The summed E-state index contributed by atoms with van der Waals surface area (Å²) < 4.78 is 17.0. The van der Waals surface area contributed by atoms with Gasteiger partial charge in [0.2, 0.25) is 0 Å². The summed E-state index contributed by atoms with van der Waals surface area (Å²) in [6, 6.07) is 0.442. The van der Waals surface area contributed by atoms with E-state index in [-0.39, 0.29) is 24.6 Å². The molecule has 0 spiro atoms. The lowest BCUT2D eigenvalue weighted by molar-refractivity contribution is -0.167. The van der Waals surface area contributed by atoms with Gasteiger partial charge in [-0.15, -0.1) is 0 Å². The molecule has 178 valence electrons. The van der Waals surface area contributed by atoms with Crippen LogP contribution in [0.3, 0.4) is 0 Å². The van der Waals surface area contributed by atoms with E-state index in [1.807, 2.05) is 13.1 Å². The molecule has 4 atom stereocenters. The fourth-order valence-corrected chi connectivity index (χ4v) is 4.07. The summed E-state index contributed by atoms with van der Waals surface area (Å²) in [6.45, 7) is 12.2. The zero-order chi connectivity index (χ0) is 23.4. The van der Waals surface area contributed by atoms with Crippen LogP contribution in [0.2, 0.25) is 0 Å². The molecule has 1 heterocycles. The van der Waals surface area contributed by atoms with E-state index < -0.39 is 5.60 Å². The molecule has 1 aliphatic rings. The van der Waals surface area contributed by atoms with Crippen LogP contribution in [0.5, 0.6) is 0 Å². The summed E-state index contributed by atoms with van der Waals surface area (Å²) in [5.41, 5.74) is 1.89. The largest absolute Gasteiger partial charge is 0.462 e. The minimum absolute atomic E-state index is 0.248. The fourth-order valence-electron chi connectivity index (χ4n) is 4.07. The van der Waals surface area contributed by atoms with Gasteiger partial charge in [0.15, 0.2) is 0 Å². The number of hydrogen-bond acceptors (Lipinski definition) is 6. The smallest absolute Gasteiger partial charge is 0.303 e. The van der Waals surface area contributed by atoms with Crippen LogP contribution in [-0.4, -0.2) is 49.9 Å². The van der Waals surface area contributed by atoms with Crippen LogP contribution in [-0.2, 0) is 23.8 Å². The molecule has 0 amide bonds. The maximum atomic E-state index is 11.7. The molecule has 0 aliphatic carbocycles. The second kappa shape index (κ2) is 13.7. The van der Waals surface area contributed by atoms with E-state index in [0.717, 1.165) is 37.7 Å². The van der Waals surface area contributed by atoms with E-state index in [0.29, 0.717) is 25.0 Å². The first kappa shape index (κ1) is 27.4. The number of rotatable bonds is 11. The molecule has 0 saturated carbocycles. The van der Waals surface area contributed by atoms with Gasteiger partial charge in [-0.2, -0.15) is 0 Å². The normalized spacial score (nSPS) is 24.7. The molecule has 0 aromatic carbocycles. The van der Waals surface area contributed by atoms with Crippen molar-refractivity contribution in [2.24, 2.45) is 5.92 Å². The summed E-state index contributed by atoms with van der Waals surface area (Å²) in [5, 5.41) is 3.44. The van der Waals surface area contributed by atoms with Gasteiger partial charge in [-0.05, 0) is 77.5 Å². The highest BCUT2D eigenvalue weighted by Crippen LogP contribution is 2.34. The zero-order valence-corrected chi connectivity index (χ0v) is 20.6. The van der Waals surface area contributed by atoms with Crippen molar-refractivity contribution in [1.82, 2.24) is 5.32 Å². The van der Waals surface area contributed by atoms with Crippen molar-refractivity contribution in [2.45, 2.75) is 97.8 Å². The third-order valence-corrected chi connectivity index (χ3v) is 6.13. The lowest BCUT2D eigenvalue weighted by Crippen LogP contribution is -2.44. The Hall–Kier alpha value is -1.66. The van der Waals surface area contributed by atoms with Crippen molar-refractivity contribution in [3.05, 3.63) is 23.3 Å². The van der Waals surface area contributed by atoms with Crippen LogP contribution < -0.4 is 5.32 Å². The predicted molar refractivity (Wildman–Crippen MR) is 124 cm³/mol. The molecule has 1 fully saturated rings. The third kappa shape index (κ3) is 10.5. The van der Waals surface area contributed by atoms with Crippen molar-refractivity contribution in [3.8, 4) is 0 Å². The van der Waals surface area contributed by atoms with Crippen LogP contribution in [0.25, 0.3) is 0 Å². The van der Waals surface area contributed by atoms with E-state index in [4.69, 9.17) is 14.2 Å². The fraction of sp³-hybridized carbons (Fsp3) is 0.760. The van der Waals surface area contributed by atoms with Crippen molar-refractivity contribution in [2.75, 3.05) is 20.3 Å². The van der Waals surface area contributed by atoms with Gasteiger partial charge in [0.1, 0.15) is 18.3 Å². The second-order valence-corrected chi connectivity index (χ2v) is 9.18. The van der Waals surface area contributed by atoms with Crippen LogP contribution in [0.15, 0.2) is 23.3 Å². The Morgan fingerprint density at radius 1 is 1.26 bits per heavy atom. The number of carbonyl (C=O) groups excluding carboxylic acids is 2. The molecular formula is C25H43NO5. The van der Waals surface area contributed by atoms with Gasteiger partial charge >= 0.3 is 11.9 Å². The highest BCUT2D eigenvalue weighted by Gasteiger charge is 2.39. The topological polar surface area (TPSA) is 73.9 Å². The Kier molecular flexibility index (Phi) is 12.1. The monoisotopic (exact) mass is 437 g/mol. The number of esters is 2. The predicted octanol–water partition coefficient (Wildman–Crippen LogP) is 4.73. The zero-order valence-electron chi connectivity index (χ0n) is 20.6. The van der Waals surface area contributed by atoms with E-state index in [1.165, 1.54) is 19.4 Å². The molecule has 31 heavy (non-hydrogen) atoms. The molecule has 1 rings (SSSR count). The van der Waals surface area contributed by atoms with Crippen molar-refractivity contribution >= 4 is 11.9 Å². The summed E-state index contributed by atoms with van der Waals surface area (Å²) in [4.78, 5) is 22.7. The quantitative estimate of drug-likeness (QED) is 0.372. The highest BCUT2D eigenvalue weighted by molar-refractivity contribution is 5.66. The molecule has 1 aliphatic heterocycles. The molecule has 0 bridgehead atoms. The Bertz CT molecular complexity index is 638. The van der Waals surface area contributed by atoms with E-state index in [9.17, 15) is 9.59 Å². The summed E-state index contributed by atoms with van der Waals surface area (Å²) in [5.74, 6) is -0.0496. The molecule has 1 saturated heterocycles. The van der Waals surface area contributed by atoms with Crippen LogP contribution >= 0.6 is 0 Å². The summed E-state index contributed by atoms with van der Waals surface area (Å²) in [6.07, 6.45) is 9.29. The van der Waals surface area contributed by atoms with Crippen LogP contribution in [0.4, 0.5) is 0 Å². The first-order chi connectivity index (χ1) is 14.6. The molecule has 6 nitrogen and oxygen atoms in total. The van der Waals surface area contributed by atoms with Crippen molar-refractivity contribution in [3.63, 3.8) is 0 Å². The Morgan fingerprint density at radius 3 is 2.55 bits per heavy atom. The van der Waals surface area contributed by atoms with E-state index in [2.05, 4.69) is 39.1 Å². The van der Waals surface area contributed by atoms with Crippen LogP contribution in [0.1, 0.15) is 80.1 Å². The summed E-state index contributed by atoms with van der Waals surface area (Å²) >= 11 is 0. The molecule has 6 heteroatoms. The number of nitrogens with one attached hydrogen (secondary N) is 1. The van der Waals surface area contributed by atoms with Gasteiger partial charge < -0.3 is 19.5 Å². The maximum absolute atomic E-state index is 11.7. The van der Waals surface area contributed by atoms with Crippen LogP contribution in [0, 0.1) is 5.92 Å². The average molecular weight is 438 g/mol. The molecular weight excluding hydrogens is 394 g/mol. The molecule has 0 radical (unpaired) electrons. The standard InChI is InChI=1S/C25H43NO5/c1-18(2)10-12-23(26-7)19(3)9-8-15-25(6)24(31-21(5)28)13-11-22(17-30-25)14-16-29-20(4)27/h10,14,19,23-24,26H,8-9,11-13,15-17H2,1-7H3/b22-14+/t19?,23?,24-,25+/m1/s1. The Labute approximate surface area is 188 Å². The van der Waals surface area contributed by atoms with Gasteiger partial charge in [-0.25, -0.2) is 0 Å². The van der Waals surface area contributed by atoms with Crippen molar-refractivity contribution < 1.29 is 23.8 Å². The molecule has 1 N–H and O–H groups in total. The minimum atomic E-state index is -0.530. The Balaban J connectivity index is 2.74. The SMILES string of the molecule is CNC(CC=C(C)C)C(C)CCC[C@]1(C)OC/C(=C/COC(C)=O)CC[C@H]1OC(C)=O. The minimum Gasteiger partial charge on any atom is -0.462 e. The third-order valence-electron chi connectivity index (χ3n) is 6.13. The second-order valence-electron chi connectivity index (χ2n) is 9.18. The van der Waals surface area contributed by atoms with Gasteiger partial charge in [0.25, 0.3) is 0 Å². The van der Waals surface area contributed by atoms with E-state index in [1.54, 1.807) is 0 Å². The van der Waals surface area contributed by atoms with Gasteiger partial charge in [0.05, 0.1) is 6.61 Å². The number of allylic oxidation sites excluding steroid dienone is 1. The number of hydrogen-bond donors (Lipinski definition) is 1. The lowest BCUT2D eigenvalue weighted by atomic mass is 9.86. The van der Waals surface area contributed by atoms with Gasteiger partial charge in [0, 0.05) is 19.9 Å². The summed E-state index contributed by atoms with van der Waals surface area (Å²) in [7, 11) is 2.02. The van der Waals surface area contributed by atoms with Crippen molar-refractivity contribution in [1.29, 1.82) is 0 Å². The first-order valence-electron chi connectivity index (χ1n) is 11.5. The lowest BCUT2D eigenvalue weighted by Gasteiger charge is -2.36. The van der Waals surface area contributed by atoms with Gasteiger partial charge in [-0.1, -0.05) is 25.0 Å². The first-order valence-corrected chi connectivity index (χ1v) is 11.5. The molecule has 2 unspecified atom stereocenters. The maximum Gasteiger partial charge on any atom is 0.303 e. The number of carbonyl (C=O) groups is 2. The average Bonchev–Trinajstić information content (AvgIpc) is 2.82. The highest BCUT2D eigenvalue weighted by atomic mass is 16.6. The van der Waals surface area contributed by atoms with Gasteiger partial charge in [-0.3, -0.25) is 9.59 Å². The van der Waals surface area contributed by atoms with E-state index >= 15 is 0 Å². The number of ether oxygens (including phenoxy) is 3.